The minimum atomic E-state index is 0.332. The molecule has 1 heterocycles. The van der Waals surface area contributed by atoms with Crippen molar-refractivity contribution in [1.29, 1.82) is 0 Å². The van der Waals surface area contributed by atoms with Crippen LogP contribution in [-0.4, -0.2) is 29.2 Å². The van der Waals surface area contributed by atoms with Gasteiger partial charge in [-0.3, -0.25) is 4.79 Å². The summed E-state index contributed by atoms with van der Waals surface area (Å²) in [5, 5.41) is 1.05. The standard InChI is InChI=1S/C16H28BrNO/c1-15(2)9-6-14(19)18(11-10-15)13-16(12-17)7-4-3-5-8-16/h3-13H2,1-2H3. The van der Waals surface area contributed by atoms with Crippen molar-refractivity contribution in [1.82, 2.24) is 4.90 Å². The molecule has 19 heavy (non-hydrogen) atoms. The van der Waals surface area contributed by atoms with E-state index in [9.17, 15) is 4.79 Å². The largest absolute Gasteiger partial charge is 0.342 e. The fourth-order valence-electron chi connectivity index (χ4n) is 3.50. The van der Waals surface area contributed by atoms with Crippen molar-refractivity contribution in [2.45, 2.75) is 65.2 Å². The fourth-order valence-corrected chi connectivity index (χ4v) is 4.24. The molecule has 1 saturated heterocycles. The van der Waals surface area contributed by atoms with Gasteiger partial charge in [-0.15, -0.1) is 0 Å². The molecule has 0 aromatic heterocycles. The topological polar surface area (TPSA) is 20.3 Å². The molecular formula is C16H28BrNO. The molecule has 2 aliphatic rings. The zero-order chi connectivity index (χ0) is 13.9. The molecule has 1 aliphatic carbocycles. The molecule has 0 aromatic rings. The van der Waals surface area contributed by atoms with E-state index in [1.54, 1.807) is 0 Å². The third-order valence-electron chi connectivity index (χ3n) is 5.15. The second-order valence-corrected chi connectivity index (χ2v) is 7.98. The third kappa shape index (κ3) is 3.96. The number of amides is 1. The van der Waals surface area contributed by atoms with Gasteiger partial charge in [-0.25, -0.2) is 0 Å². The summed E-state index contributed by atoms with van der Waals surface area (Å²) >= 11 is 3.72. The highest BCUT2D eigenvalue weighted by Gasteiger charge is 2.36. The van der Waals surface area contributed by atoms with Crippen LogP contribution in [0.2, 0.25) is 0 Å². The highest BCUT2D eigenvalue weighted by atomic mass is 79.9. The average Bonchev–Trinajstić information content (AvgIpc) is 2.53. The van der Waals surface area contributed by atoms with Gasteiger partial charge in [0, 0.05) is 24.8 Å². The molecule has 0 aromatic carbocycles. The van der Waals surface area contributed by atoms with Crippen LogP contribution in [0.25, 0.3) is 0 Å². The number of rotatable bonds is 3. The second kappa shape index (κ2) is 6.15. The first kappa shape index (κ1) is 15.3. The molecular weight excluding hydrogens is 302 g/mol. The number of carbonyl (C=O) groups excluding carboxylic acids is 1. The first-order chi connectivity index (χ1) is 8.96. The molecule has 3 heteroatoms. The summed E-state index contributed by atoms with van der Waals surface area (Å²) in [5.74, 6) is 0.386. The van der Waals surface area contributed by atoms with Crippen LogP contribution < -0.4 is 0 Å². The van der Waals surface area contributed by atoms with Crippen LogP contribution in [0.5, 0.6) is 0 Å². The van der Waals surface area contributed by atoms with E-state index in [0.717, 1.165) is 37.7 Å². The van der Waals surface area contributed by atoms with Crippen LogP contribution in [-0.2, 0) is 4.79 Å². The molecule has 1 saturated carbocycles. The molecule has 110 valence electrons. The van der Waals surface area contributed by atoms with E-state index in [1.165, 1.54) is 32.1 Å². The van der Waals surface area contributed by atoms with E-state index < -0.39 is 0 Å². The fraction of sp³-hybridized carbons (Fsp3) is 0.938. The predicted molar refractivity (Wildman–Crippen MR) is 83.5 cm³/mol. The number of carbonyl (C=O) groups is 1. The Kier molecular flexibility index (Phi) is 4.97. The van der Waals surface area contributed by atoms with Gasteiger partial charge in [0.25, 0.3) is 0 Å². The third-order valence-corrected chi connectivity index (χ3v) is 6.34. The molecule has 0 unspecified atom stereocenters. The van der Waals surface area contributed by atoms with E-state index >= 15 is 0 Å². The van der Waals surface area contributed by atoms with Gasteiger partial charge in [-0.2, -0.15) is 0 Å². The summed E-state index contributed by atoms with van der Waals surface area (Å²) in [6.07, 6.45) is 9.54. The summed E-state index contributed by atoms with van der Waals surface area (Å²) in [7, 11) is 0. The molecule has 0 spiro atoms. The van der Waals surface area contributed by atoms with E-state index in [4.69, 9.17) is 0 Å². The van der Waals surface area contributed by atoms with Gasteiger partial charge in [0.2, 0.25) is 5.91 Å². The number of hydrogen-bond donors (Lipinski definition) is 0. The maximum Gasteiger partial charge on any atom is 0.222 e. The summed E-state index contributed by atoms with van der Waals surface area (Å²) in [6.45, 7) is 6.53. The Hall–Kier alpha value is -0.0500. The Morgan fingerprint density at radius 1 is 1.11 bits per heavy atom. The number of halogens is 1. The zero-order valence-corrected chi connectivity index (χ0v) is 14.1. The van der Waals surface area contributed by atoms with Crippen molar-refractivity contribution in [2.75, 3.05) is 18.4 Å². The maximum absolute atomic E-state index is 12.3. The smallest absolute Gasteiger partial charge is 0.222 e. The normalized spacial score (nSPS) is 27.1. The van der Waals surface area contributed by atoms with Gasteiger partial charge >= 0.3 is 0 Å². The first-order valence-electron chi connectivity index (χ1n) is 7.80. The lowest BCUT2D eigenvalue weighted by molar-refractivity contribution is -0.132. The lowest BCUT2D eigenvalue weighted by Gasteiger charge is -2.40. The molecule has 1 aliphatic heterocycles. The Morgan fingerprint density at radius 2 is 1.79 bits per heavy atom. The molecule has 0 atom stereocenters. The van der Waals surface area contributed by atoms with E-state index in [0.29, 0.717) is 16.7 Å². The second-order valence-electron chi connectivity index (χ2n) is 7.42. The summed E-state index contributed by atoms with van der Waals surface area (Å²) in [6, 6.07) is 0. The highest BCUT2D eigenvalue weighted by molar-refractivity contribution is 9.09. The minimum absolute atomic E-state index is 0.332. The van der Waals surface area contributed by atoms with Gasteiger partial charge < -0.3 is 4.90 Å². The summed E-state index contributed by atoms with van der Waals surface area (Å²) < 4.78 is 0. The summed E-state index contributed by atoms with van der Waals surface area (Å²) in [5.41, 5.74) is 0.681. The molecule has 0 N–H and O–H groups in total. The van der Waals surface area contributed by atoms with Gasteiger partial charge in [0.1, 0.15) is 0 Å². The maximum atomic E-state index is 12.3. The number of alkyl halides is 1. The Morgan fingerprint density at radius 3 is 2.42 bits per heavy atom. The van der Waals surface area contributed by atoms with Crippen LogP contribution in [0, 0.1) is 10.8 Å². The Bertz CT molecular complexity index is 321. The van der Waals surface area contributed by atoms with Crippen LogP contribution in [0.3, 0.4) is 0 Å². The number of likely N-dealkylation sites (tertiary alicyclic amines) is 1. The number of nitrogens with zero attached hydrogens (tertiary/aromatic N) is 1. The predicted octanol–water partition coefficient (Wildman–Crippen LogP) is 4.37. The molecule has 0 radical (unpaired) electrons. The van der Waals surface area contributed by atoms with Gasteiger partial charge in [0.15, 0.2) is 0 Å². The van der Waals surface area contributed by atoms with E-state index in [-0.39, 0.29) is 0 Å². The van der Waals surface area contributed by atoms with Crippen LogP contribution in [0.4, 0.5) is 0 Å². The SMILES string of the molecule is CC1(C)CCC(=O)N(CC2(CBr)CCCCC2)CC1. The van der Waals surface area contributed by atoms with E-state index in [2.05, 4.69) is 34.7 Å². The molecule has 1 amide bonds. The van der Waals surface area contributed by atoms with Gasteiger partial charge in [0.05, 0.1) is 0 Å². The van der Waals surface area contributed by atoms with Crippen molar-refractivity contribution in [3.63, 3.8) is 0 Å². The van der Waals surface area contributed by atoms with E-state index in [1.807, 2.05) is 0 Å². The van der Waals surface area contributed by atoms with Crippen molar-refractivity contribution in [3.05, 3.63) is 0 Å². The minimum Gasteiger partial charge on any atom is -0.342 e. The van der Waals surface area contributed by atoms with Crippen LogP contribution in [0.15, 0.2) is 0 Å². The van der Waals surface area contributed by atoms with Crippen molar-refractivity contribution in [2.24, 2.45) is 10.8 Å². The zero-order valence-electron chi connectivity index (χ0n) is 12.5. The summed E-state index contributed by atoms with van der Waals surface area (Å²) in [4.78, 5) is 14.5. The molecule has 2 nitrogen and oxygen atoms in total. The monoisotopic (exact) mass is 329 g/mol. The Labute approximate surface area is 126 Å². The molecule has 0 bridgehead atoms. The lowest BCUT2D eigenvalue weighted by Crippen LogP contribution is -2.43. The van der Waals surface area contributed by atoms with Crippen molar-refractivity contribution >= 4 is 21.8 Å². The highest BCUT2D eigenvalue weighted by Crippen LogP contribution is 2.40. The first-order valence-corrected chi connectivity index (χ1v) is 8.92. The average molecular weight is 330 g/mol. The van der Waals surface area contributed by atoms with Crippen LogP contribution >= 0.6 is 15.9 Å². The quantitative estimate of drug-likeness (QED) is 0.704. The lowest BCUT2D eigenvalue weighted by atomic mass is 9.75. The number of hydrogen-bond acceptors (Lipinski definition) is 1. The van der Waals surface area contributed by atoms with Gasteiger partial charge in [-0.1, -0.05) is 49.0 Å². The molecule has 2 rings (SSSR count). The van der Waals surface area contributed by atoms with Crippen molar-refractivity contribution in [3.8, 4) is 0 Å². The Balaban J connectivity index is 2.01. The molecule has 2 fully saturated rings. The van der Waals surface area contributed by atoms with Crippen LogP contribution in [0.1, 0.15) is 65.2 Å². The van der Waals surface area contributed by atoms with Crippen molar-refractivity contribution < 1.29 is 4.79 Å². The van der Waals surface area contributed by atoms with Gasteiger partial charge in [-0.05, 0) is 36.5 Å².